The van der Waals surface area contributed by atoms with E-state index in [4.69, 9.17) is 9.26 Å². The van der Waals surface area contributed by atoms with E-state index >= 15 is 0 Å². The second-order valence-corrected chi connectivity index (χ2v) is 10.1. The topological polar surface area (TPSA) is 67.6 Å². The molecule has 1 amide bonds. The van der Waals surface area contributed by atoms with Gasteiger partial charge in [-0.05, 0) is 51.0 Å². The number of nitrogens with zero attached hydrogens (tertiary/aromatic N) is 2. The molecule has 2 heterocycles. The van der Waals surface area contributed by atoms with Crippen LogP contribution in [-0.2, 0) is 23.6 Å². The Bertz CT molecular complexity index is 1080. The van der Waals surface area contributed by atoms with Crippen LogP contribution in [0.1, 0.15) is 52.3 Å². The Morgan fingerprint density at radius 1 is 1.06 bits per heavy atom. The van der Waals surface area contributed by atoms with Crippen LogP contribution in [0.25, 0.3) is 0 Å². The van der Waals surface area contributed by atoms with Crippen molar-refractivity contribution in [2.24, 2.45) is 0 Å². The average molecular weight is 480 g/mol. The minimum atomic E-state index is -0.0674. The molecule has 0 bridgehead atoms. The number of ether oxygens (including phenoxy) is 1. The molecule has 0 spiro atoms. The number of thioether (sulfide) groups is 1. The largest absolute Gasteiger partial charge is 0.373 e. The minimum Gasteiger partial charge on any atom is -0.373 e. The van der Waals surface area contributed by atoms with Gasteiger partial charge >= 0.3 is 0 Å². The zero-order valence-electron chi connectivity index (χ0n) is 20.3. The summed E-state index contributed by atoms with van der Waals surface area (Å²) in [6, 6.07) is 16.2. The number of nitrogens with one attached hydrogen (secondary N) is 1. The Morgan fingerprint density at radius 2 is 1.74 bits per heavy atom. The minimum absolute atomic E-state index is 0.0674. The fourth-order valence-electron chi connectivity index (χ4n) is 4.35. The SMILES string of the molecule is Cc1noc(C)c1CSc1ccccc1C(=O)NCc1ccc(CN2CC(C)OC(C)C2)cc1. The molecule has 1 aliphatic rings. The number of benzene rings is 2. The number of hydrogen-bond acceptors (Lipinski definition) is 6. The second kappa shape index (κ2) is 11.2. The molecule has 6 nitrogen and oxygen atoms in total. The third-order valence-electron chi connectivity index (χ3n) is 6.06. The summed E-state index contributed by atoms with van der Waals surface area (Å²) in [6.07, 6.45) is 0.535. The van der Waals surface area contributed by atoms with Gasteiger partial charge in [0.15, 0.2) is 0 Å². The maximum Gasteiger partial charge on any atom is 0.252 e. The number of aryl methyl sites for hydroxylation is 2. The molecule has 180 valence electrons. The number of rotatable bonds is 8. The van der Waals surface area contributed by atoms with Crippen molar-refractivity contribution < 1.29 is 14.1 Å². The number of aromatic nitrogens is 1. The van der Waals surface area contributed by atoms with Crippen LogP contribution in [0, 0.1) is 13.8 Å². The van der Waals surface area contributed by atoms with Crippen LogP contribution in [0.2, 0.25) is 0 Å². The molecule has 7 heteroatoms. The summed E-state index contributed by atoms with van der Waals surface area (Å²) in [6.45, 7) is 11.4. The summed E-state index contributed by atoms with van der Waals surface area (Å²) in [7, 11) is 0. The van der Waals surface area contributed by atoms with Crippen molar-refractivity contribution in [2.45, 2.75) is 63.6 Å². The van der Waals surface area contributed by atoms with Gasteiger partial charge in [-0.1, -0.05) is 41.6 Å². The Labute approximate surface area is 206 Å². The maximum absolute atomic E-state index is 13.0. The third-order valence-corrected chi connectivity index (χ3v) is 7.16. The van der Waals surface area contributed by atoms with Gasteiger partial charge in [0.25, 0.3) is 5.91 Å². The highest BCUT2D eigenvalue weighted by atomic mass is 32.2. The molecule has 0 aliphatic carbocycles. The standard InChI is InChI=1S/C27H33N3O3S/c1-18-14-30(15-19(2)32-18)16-23-11-9-22(10-12-23)13-28-27(31)24-7-5-6-8-26(24)34-17-25-20(3)29-33-21(25)4/h5-12,18-19H,13-17H2,1-4H3,(H,28,31). The van der Waals surface area contributed by atoms with E-state index in [0.717, 1.165) is 47.1 Å². The molecule has 0 saturated carbocycles. The first-order chi connectivity index (χ1) is 16.4. The molecule has 34 heavy (non-hydrogen) atoms. The predicted octanol–water partition coefficient (Wildman–Crippen LogP) is 5.12. The van der Waals surface area contributed by atoms with Crippen molar-refractivity contribution in [3.8, 4) is 0 Å². The predicted molar refractivity (Wildman–Crippen MR) is 135 cm³/mol. The van der Waals surface area contributed by atoms with Crippen LogP contribution in [0.5, 0.6) is 0 Å². The fourth-order valence-corrected chi connectivity index (χ4v) is 5.55. The monoisotopic (exact) mass is 479 g/mol. The van der Waals surface area contributed by atoms with Gasteiger partial charge in [0.2, 0.25) is 0 Å². The number of amides is 1. The van der Waals surface area contributed by atoms with Crippen molar-refractivity contribution >= 4 is 17.7 Å². The van der Waals surface area contributed by atoms with Gasteiger partial charge in [-0.2, -0.15) is 0 Å². The van der Waals surface area contributed by atoms with E-state index in [9.17, 15) is 4.79 Å². The van der Waals surface area contributed by atoms with Gasteiger partial charge in [-0.15, -0.1) is 11.8 Å². The Hall–Kier alpha value is -2.61. The van der Waals surface area contributed by atoms with Crippen molar-refractivity contribution in [2.75, 3.05) is 13.1 Å². The van der Waals surface area contributed by atoms with E-state index in [0.29, 0.717) is 17.9 Å². The summed E-state index contributed by atoms with van der Waals surface area (Å²) in [4.78, 5) is 16.3. The Kier molecular flexibility index (Phi) is 8.08. The molecule has 1 aliphatic heterocycles. The quantitative estimate of drug-likeness (QED) is 0.452. The third kappa shape index (κ3) is 6.29. The van der Waals surface area contributed by atoms with Gasteiger partial charge in [0.1, 0.15) is 5.76 Å². The smallest absolute Gasteiger partial charge is 0.252 e. The second-order valence-electron chi connectivity index (χ2n) is 9.04. The molecule has 1 aromatic heterocycles. The van der Waals surface area contributed by atoms with E-state index in [1.54, 1.807) is 11.8 Å². The molecule has 1 saturated heterocycles. The number of morpholine rings is 1. The lowest BCUT2D eigenvalue weighted by atomic mass is 10.1. The highest BCUT2D eigenvalue weighted by molar-refractivity contribution is 7.98. The molecule has 2 aromatic carbocycles. The summed E-state index contributed by atoms with van der Waals surface area (Å²) < 4.78 is 11.1. The van der Waals surface area contributed by atoms with Crippen LogP contribution in [0.3, 0.4) is 0 Å². The van der Waals surface area contributed by atoms with E-state index in [1.807, 2.05) is 38.1 Å². The van der Waals surface area contributed by atoms with Crippen LogP contribution in [0.4, 0.5) is 0 Å². The molecular weight excluding hydrogens is 446 g/mol. The van der Waals surface area contributed by atoms with Gasteiger partial charge in [-0.3, -0.25) is 9.69 Å². The number of hydrogen-bond donors (Lipinski definition) is 1. The highest BCUT2D eigenvalue weighted by Crippen LogP contribution is 2.29. The normalized spacial score (nSPS) is 18.7. The lowest BCUT2D eigenvalue weighted by molar-refractivity contribution is -0.0704. The molecule has 4 rings (SSSR count). The molecule has 1 N–H and O–H groups in total. The van der Waals surface area contributed by atoms with Crippen molar-refractivity contribution in [3.63, 3.8) is 0 Å². The average Bonchev–Trinajstić information content (AvgIpc) is 3.13. The first kappa shape index (κ1) is 24.5. The van der Waals surface area contributed by atoms with Crippen molar-refractivity contribution in [3.05, 3.63) is 82.2 Å². The van der Waals surface area contributed by atoms with E-state index in [1.165, 1.54) is 5.56 Å². The fraction of sp³-hybridized carbons (Fsp3) is 0.407. The van der Waals surface area contributed by atoms with Crippen molar-refractivity contribution in [1.82, 2.24) is 15.4 Å². The molecule has 2 unspecified atom stereocenters. The molecule has 2 atom stereocenters. The van der Waals surface area contributed by atoms with Crippen LogP contribution in [0.15, 0.2) is 57.9 Å². The summed E-state index contributed by atoms with van der Waals surface area (Å²) >= 11 is 1.63. The zero-order chi connectivity index (χ0) is 24.1. The molecular formula is C27H33N3O3S. The van der Waals surface area contributed by atoms with Gasteiger partial charge in [0, 0.05) is 42.4 Å². The lowest BCUT2D eigenvalue weighted by Gasteiger charge is -2.35. The first-order valence-corrected chi connectivity index (χ1v) is 12.7. The zero-order valence-corrected chi connectivity index (χ0v) is 21.2. The van der Waals surface area contributed by atoms with Crippen molar-refractivity contribution in [1.29, 1.82) is 0 Å². The van der Waals surface area contributed by atoms with E-state index < -0.39 is 0 Å². The molecule has 0 radical (unpaired) electrons. The molecule has 3 aromatic rings. The number of carbonyl (C=O) groups excluding carboxylic acids is 1. The van der Waals surface area contributed by atoms with Gasteiger partial charge < -0.3 is 14.6 Å². The molecule has 1 fully saturated rings. The summed E-state index contributed by atoms with van der Waals surface area (Å²) in [5.74, 6) is 1.48. The first-order valence-electron chi connectivity index (χ1n) is 11.8. The van der Waals surface area contributed by atoms with Crippen LogP contribution < -0.4 is 5.32 Å². The van der Waals surface area contributed by atoms with E-state index in [2.05, 4.69) is 53.5 Å². The Morgan fingerprint density at radius 3 is 2.41 bits per heavy atom. The van der Waals surface area contributed by atoms with Crippen LogP contribution in [-0.4, -0.2) is 41.3 Å². The van der Waals surface area contributed by atoms with Gasteiger partial charge in [-0.25, -0.2) is 0 Å². The van der Waals surface area contributed by atoms with E-state index in [-0.39, 0.29) is 18.1 Å². The Balaban J connectivity index is 1.32. The number of carbonyl (C=O) groups is 1. The summed E-state index contributed by atoms with van der Waals surface area (Å²) in [5.41, 5.74) is 5.03. The van der Waals surface area contributed by atoms with Gasteiger partial charge in [0.05, 0.1) is 23.5 Å². The lowest BCUT2D eigenvalue weighted by Crippen LogP contribution is -2.44. The maximum atomic E-state index is 13.0. The summed E-state index contributed by atoms with van der Waals surface area (Å²) in [5, 5.41) is 7.09. The van der Waals surface area contributed by atoms with Crippen LogP contribution >= 0.6 is 11.8 Å². The highest BCUT2D eigenvalue weighted by Gasteiger charge is 2.22.